The van der Waals surface area contributed by atoms with Gasteiger partial charge in [0.25, 0.3) is 5.91 Å². The Balaban J connectivity index is 1.45. The lowest BCUT2D eigenvalue weighted by atomic mass is 9.96. The molecule has 0 radical (unpaired) electrons. The molecular weight excluding hydrogens is 428 g/mol. The molecule has 170 valence electrons. The van der Waals surface area contributed by atoms with Crippen LogP contribution in [-0.4, -0.2) is 25.6 Å². The van der Waals surface area contributed by atoms with Gasteiger partial charge in [-0.2, -0.15) is 4.72 Å². The van der Waals surface area contributed by atoms with Crippen molar-refractivity contribution in [2.45, 2.75) is 62.3 Å². The zero-order valence-corrected chi connectivity index (χ0v) is 18.7. The van der Waals surface area contributed by atoms with Gasteiger partial charge in [-0.3, -0.25) is 10.0 Å². The van der Waals surface area contributed by atoms with E-state index < -0.39 is 22.0 Å². The third-order valence-electron chi connectivity index (χ3n) is 6.01. The van der Waals surface area contributed by atoms with Crippen molar-refractivity contribution >= 4 is 26.9 Å². The molecule has 1 amide bonds. The monoisotopic (exact) mass is 456 g/mol. The van der Waals surface area contributed by atoms with Gasteiger partial charge < -0.3 is 4.42 Å². The number of hydrogen-bond donors (Lipinski definition) is 3. The van der Waals surface area contributed by atoms with E-state index in [4.69, 9.17) is 9.62 Å². The zero-order valence-electron chi connectivity index (χ0n) is 17.8. The summed E-state index contributed by atoms with van der Waals surface area (Å²) >= 11 is 0. The van der Waals surface area contributed by atoms with Crippen LogP contribution in [0.25, 0.3) is 11.0 Å². The lowest BCUT2D eigenvalue weighted by Crippen LogP contribution is -2.45. The van der Waals surface area contributed by atoms with Crippen molar-refractivity contribution in [3.63, 3.8) is 0 Å². The normalized spacial score (nSPS) is 14.8. The lowest BCUT2D eigenvalue weighted by Gasteiger charge is -2.17. The fourth-order valence-electron chi connectivity index (χ4n) is 4.31. The van der Waals surface area contributed by atoms with Crippen LogP contribution in [0.4, 0.5) is 0 Å². The minimum atomic E-state index is -3.98. The van der Waals surface area contributed by atoms with E-state index in [-0.39, 0.29) is 11.3 Å². The van der Waals surface area contributed by atoms with Gasteiger partial charge in [-0.25, -0.2) is 13.9 Å². The molecule has 1 heterocycles. The Labute approximate surface area is 187 Å². The molecule has 3 aromatic rings. The number of hydroxylamine groups is 1. The number of sulfonamides is 1. The van der Waals surface area contributed by atoms with Gasteiger partial charge in [0, 0.05) is 23.4 Å². The van der Waals surface area contributed by atoms with Crippen molar-refractivity contribution < 1.29 is 22.8 Å². The molecule has 1 aliphatic carbocycles. The summed E-state index contributed by atoms with van der Waals surface area (Å²) in [6.45, 7) is 0. The number of furan rings is 1. The van der Waals surface area contributed by atoms with Crippen molar-refractivity contribution in [2.75, 3.05) is 0 Å². The molecule has 7 nitrogen and oxygen atoms in total. The van der Waals surface area contributed by atoms with Gasteiger partial charge >= 0.3 is 0 Å². The summed E-state index contributed by atoms with van der Waals surface area (Å²) in [5.41, 5.74) is 4.47. The van der Waals surface area contributed by atoms with Gasteiger partial charge in [-0.05, 0) is 56.2 Å². The second kappa shape index (κ2) is 9.85. The van der Waals surface area contributed by atoms with E-state index >= 15 is 0 Å². The Morgan fingerprint density at radius 1 is 1.06 bits per heavy atom. The van der Waals surface area contributed by atoms with Crippen LogP contribution < -0.4 is 10.2 Å². The summed E-state index contributed by atoms with van der Waals surface area (Å²) in [6, 6.07) is 13.7. The maximum atomic E-state index is 13.0. The third-order valence-corrected chi connectivity index (χ3v) is 7.48. The van der Waals surface area contributed by atoms with Crippen molar-refractivity contribution in [3.8, 4) is 0 Å². The van der Waals surface area contributed by atoms with E-state index in [1.165, 1.54) is 17.2 Å². The molecule has 2 aromatic carbocycles. The van der Waals surface area contributed by atoms with Crippen molar-refractivity contribution in [2.24, 2.45) is 0 Å². The van der Waals surface area contributed by atoms with Crippen molar-refractivity contribution in [1.29, 1.82) is 0 Å². The molecule has 3 N–H and O–H groups in total. The third kappa shape index (κ3) is 5.03. The Morgan fingerprint density at radius 3 is 2.62 bits per heavy atom. The second-order valence-electron chi connectivity index (χ2n) is 8.25. The first kappa shape index (κ1) is 22.5. The Morgan fingerprint density at radius 2 is 1.84 bits per heavy atom. The van der Waals surface area contributed by atoms with Gasteiger partial charge in [0.05, 0.1) is 4.90 Å². The van der Waals surface area contributed by atoms with Crippen LogP contribution in [0.2, 0.25) is 0 Å². The maximum Gasteiger partial charge on any atom is 0.261 e. The van der Waals surface area contributed by atoms with Crippen LogP contribution in [0.5, 0.6) is 0 Å². The minimum absolute atomic E-state index is 0.0381. The second-order valence-corrected chi connectivity index (χ2v) is 9.96. The Bertz CT molecular complexity index is 1190. The van der Waals surface area contributed by atoms with Crippen LogP contribution in [0.1, 0.15) is 49.0 Å². The molecule has 1 atom stereocenters. The molecule has 0 spiro atoms. The number of aryl methyl sites for hydroxylation is 3. The first-order chi connectivity index (χ1) is 15.5. The SMILES string of the molecule is O=C(NO)[C@H](CCCCc1ccccc1)NS(=O)(=O)c1ccc2c3c(oc2c1)CCCC3. The highest BCUT2D eigenvalue weighted by Crippen LogP contribution is 2.33. The van der Waals surface area contributed by atoms with E-state index in [0.717, 1.165) is 49.7 Å². The molecule has 32 heavy (non-hydrogen) atoms. The quantitative estimate of drug-likeness (QED) is 0.257. The largest absolute Gasteiger partial charge is 0.461 e. The zero-order chi connectivity index (χ0) is 22.6. The van der Waals surface area contributed by atoms with Gasteiger partial charge in [0.15, 0.2) is 0 Å². The van der Waals surface area contributed by atoms with E-state index in [2.05, 4.69) is 4.72 Å². The molecule has 1 aromatic heterocycles. The van der Waals surface area contributed by atoms with Crippen LogP contribution in [0.15, 0.2) is 57.8 Å². The number of fused-ring (bicyclic) bond motifs is 3. The van der Waals surface area contributed by atoms with E-state index in [0.29, 0.717) is 12.0 Å². The summed E-state index contributed by atoms with van der Waals surface area (Å²) < 4.78 is 34.3. The van der Waals surface area contributed by atoms with E-state index in [1.807, 2.05) is 30.3 Å². The summed E-state index contributed by atoms with van der Waals surface area (Å²) in [5, 5.41) is 10.0. The van der Waals surface area contributed by atoms with Gasteiger partial charge in [-0.15, -0.1) is 0 Å². The average molecular weight is 457 g/mol. The summed E-state index contributed by atoms with van der Waals surface area (Å²) in [7, 11) is -3.98. The van der Waals surface area contributed by atoms with Gasteiger partial charge in [0.1, 0.15) is 17.4 Å². The first-order valence-electron chi connectivity index (χ1n) is 11.0. The van der Waals surface area contributed by atoms with Crippen LogP contribution >= 0.6 is 0 Å². The number of rotatable bonds is 9. The Kier molecular flexibility index (Phi) is 6.93. The fraction of sp³-hybridized carbons (Fsp3) is 0.375. The number of nitrogens with one attached hydrogen (secondary N) is 2. The van der Waals surface area contributed by atoms with Crippen molar-refractivity contribution in [1.82, 2.24) is 10.2 Å². The number of amides is 1. The van der Waals surface area contributed by atoms with Crippen LogP contribution in [-0.2, 0) is 34.1 Å². The number of carbonyl (C=O) groups excluding carboxylic acids is 1. The topological polar surface area (TPSA) is 109 Å². The molecule has 8 heteroatoms. The highest BCUT2D eigenvalue weighted by atomic mass is 32.2. The summed E-state index contributed by atoms with van der Waals surface area (Å²) in [4.78, 5) is 12.2. The number of hydrogen-bond acceptors (Lipinski definition) is 5. The maximum absolute atomic E-state index is 13.0. The Hall–Kier alpha value is -2.68. The smallest absolute Gasteiger partial charge is 0.261 e. The molecule has 1 aliphatic rings. The number of benzene rings is 2. The van der Waals surface area contributed by atoms with Gasteiger partial charge in [-0.1, -0.05) is 36.8 Å². The minimum Gasteiger partial charge on any atom is -0.461 e. The van der Waals surface area contributed by atoms with Crippen LogP contribution in [0.3, 0.4) is 0 Å². The summed E-state index contributed by atoms with van der Waals surface area (Å²) in [5.74, 6) is 0.160. The molecule has 0 saturated heterocycles. The fourth-order valence-corrected chi connectivity index (χ4v) is 5.56. The van der Waals surface area contributed by atoms with E-state index in [9.17, 15) is 13.2 Å². The molecule has 0 aliphatic heterocycles. The molecular formula is C24H28N2O5S. The van der Waals surface area contributed by atoms with E-state index in [1.54, 1.807) is 17.6 Å². The molecule has 0 bridgehead atoms. The van der Waals surface area contributed by atoms with Crippen molar-refractivity contribution in [3.05, 3.63) is 65.4 Å². The van der Waals surface area contributed by atoms with Crippen LogP contribution in [0, 0.1) is 0 Å². The number of carbonyl (C=O) groups is 1. The molecule has 0 unspecified atom stereocenters. The molecule has 4 rings (SSSR count). The molecule has 0 fully saturated rings. The number of unbranched alkanes of at least 4 members (excludes halogenated alkanes) is 1. The molecule has 0 saturated carbocycles. The highest BCUT2D eigenvalue weighted by molar-refractivity contribution is 7.89. The first-order valence-corrected chi connectivity index (χ1v) is 12.5. The van der Waals surface area contributed by atoms with Gasteiger partial charge in [0.2, 0.25) is 10.0 Å². The standard InChI is InChI=1S/C24H28N2O5S/c27-24(25-28)21(12-6-4-10-17-8-2-1-3-9-17)26-32(29,30)18-14-15-20-19-11-5-7-13-22(19)31-23(20)16-18/h1-3,8-9,14-16,21,26,28H,4-7,10-13H2,(H,25,27)/t21-/m0/s1. The highest BCUT2D eigenvalue weighted by Gasteiger charge is 2.26. The lowest BCUT2D eigenvalue weighted by molar-refractivity contribution is -0.131. The predicted molar refractivity (Wildman–Crippen MR) is 121 cm³/mol. The summed E-state index contributed by atoms with van der Waals surface area (Å²) in [6.07, 6.45) is 6.51. The average Bonchev–Trinajstić information content (AvgIpc) is 3.19. The predicted octanol–water partition coefficient (Wildman–Crippen LogP) is 3.88.